The Balaban J connectivity index is 2.02. The van der Waals surface area contributed by atoms with Crippen LogP contribution in [0.3, 0.4) is 0 Å². The summed E-state index contributed by atoms with van der Waals surface area (Å²) in [5.74, 6) is -0.164. The average Bonchev–Trinajstić information content (AvgIpc) is 2.40. The number of aryl methyl sites for hydroxylation is 1. The summed E-state index contributed by atoms with van der Waals surface area (Å²) in [6.45, 7) is 4.53. The van der Waals surface area contributed by atoms with Crippen molar-refractivity contribution in [2.45, 2.75) is 26.4 Å². The van der Waals surface area contributed by atoms with E-state index < -0.39 is 0 Å². The predicted octanol–water partition coefficient (Wildman–Crippen LogP) is 4.64. The number of hydrogen-bond donors (Lipinski definition) is 1. The molecule has 0 heterocycles. The van der Waals surface area contributed by atoms with Crippen LogP contribution >= 0.6 is 11.6 Å². The summed E-state index contributed by atoms with van der Waals surface area (Å²) in [6, 6.07) is 13.1. The fraction of sp³-hybridized carbons (Fsp3) is 0.250. The lowest BCUT2D eigenvalue weighted by atomic mass is 10.1. The topological polar surface area (TPSA) is 12.0 Å². The smallest absolute Gasteiger partial charge is 0.126 e. The van der Waals surface area contributed by atoms with E-state index in [1.165, 1.54) is 6.07 Å². The van der Waals surface area contributed by atoms with Gasteiger partial charge >= 0.3 is 0 Å². The first-order valence-electron chi connectivity index (χ1n) is 6.31. The quantitative estimate of drug-likeness (QED) is 0.858. The van der Waals surface area contributed by atoms with Gasteiger partial charge in [-0.2, -0.15) is 0 Å². The molecule has 3 heteroatoms. The fourth-order valence-electron chi connectivity index (χ4n) is 2.02. The summed E-state index contributed by atoms with van der Waals surface area (Å²) in [4.78, 5) is 0. The third kappa shape index (κ3) is 3.55. The highest BCUT2D eigenvalue weighted by molar-refractivity contribution is 6.31. The molecule has 1 N–H and O–H groups in total. The molecule has 1 nitrogen and oxygen atoms in total. The number of hydrogen-bond acceptors (Lipinski definition) is 1. The van der Waals surface area contributed by atoms with Crippen molar-refractivity contribution in [1.82, 2.24) is 5.32 Å². The maximum atomic E-state index is 13.2. The Morgan fingerprint density at radius 1 is 1.21 bits per heavy atom. The average molecular weight is 278 g/mol. The minimum atomic E-state index is -0.164. The van der Waals surface area contributed by atoms with E-state index in [0.717, 1.165) is 16.1 Å². The molecular formula is C16H17ClFN. The van der Waals surface area contributed by atoms with Crippen LogP contribution in [-0.2, 0) is 6.54 Å². The predicted molar refractivity (Wildman–Crippen MR) is 77.8 cm³/mol. The molecule has 1 atom stereocenters. The molecule has 0 aliphatic heterocycles. The van der Waals surface area contributed by atoms with Crippen molar-refractivity contribution >= 4 is 11.6 Å². The van der Waals surface area contributed by atoms with Gasteiger partial charge in [0, 0.05) is 17.6 Å². The Kier molecular flexibility index (Phi) is 4.56. The molecule has 0 saturated heterocycles. The Morgan fingerprint density at radius 2 is 1.95 bits per heavy atom. The van der Waals surface area contributed by atoms with Crippen molar-refractivity contribution in [3.63, 3.8) is 0 Å². The largest absolute Gasteiger partial charge is 0.306 e. The second-order valence-corrected chi connectivity index (χ2v) is 5.11. The van der Waals surface area contributed by atoms with E-state index >= 15 is 0 Å². The lowest BCUT2D eigenvalue weighted by Crippen LogP contribution is -2.18. The summed E-state index contributed by atoms with van der Waals surface area (Å²) in [7, 11) is 0. The van der Waals surface area contributed by atoms with Gasteiger partial charge < -0.3 is 5.32 Å². The molecule has 0 radical (unpaired) electrons. The van der Waals surface area contributed by atoms with Gasteiger partial charge in [0.2, 0.25) is 0 Å². The molecule has 0 amide bonds. The normalized spacial score (nSPS) is 12.4. The lowest BCUT2D eigenvalue weighted by molar-refractivity contribution is 0.572. The lowest BCUT2D eigenvalue weighted by Gasteiger charge is -2.16. The number of nitrogens with one attached hydrogen (secondary N) is 1. The maximum absolute atomic E-state index is 13.2. The third-order valence-electron chi connectivity index (χ3n) is 3.21. The van der Waals surface area contributed by atoms with Crippen molar-refractivity contribution in [2.24, 2.45) is 0 Å². The molecule has 0 spiro atoms. The monoisotopic (exact) mass is 277 g/mol. The van der Waals surface area contributed by atoms with E-state index in [-0.39, 0.29) is 11.9 Å². The summed E-state index contributed by atoms with van der Waals surface area (Å²) in [6.07, 6.45) is 0. The van der Waals surface area contributed by atoms with Gasteiger partial charge in [-0.1, -0.05) is 41.9 Å². The van der Waals surface area contributed by atoms with Crippen LogP contribution in [-0.4, -0.2) is 0 Å². The first kappa shape index (κ1) is 14.0. The Hall–Kier alpha value is -1.38. The van der Waals surface area contributed by atoms with Crippen LogP contribution in [0.4, 0.5) is 4.39 Å². The highest BCUT2D eigenvalue weighted by atomic mass is 35.5. The van der Waals surface area contributed by atoms with Gasteiger partial charge in [0.25, 0.3) is 0 Å². The Labute approximate surface area is 118 Å². The van der Waals surface area contributed by atoms with Crippen LogP contribution in [0.5, 0.6) is 0 Å². The van der Waals surface area contributed by atoms with Gasteiger partial charge in [0.05, 0.1) is 0 Å². The molecule has 0 bridgehead atoms. The summed E-state index contributed by atoms with van der Waals surface area (Å²) < 4.78 is 13.2. The van der Waals surface area contributed by atoms with E-state index in [4.69, 9.17) is 11.6 Å². The van der Waals surface area contributed by atoms with Crippen LogP contribution in [0, 0.1) is 12.7 Å². The molecule has 2 aromatic carbocycles. The highest BCUT2D eigenvalue weighted by Crippen LogP contribution is 2.22. The van der Waals surface area contributed by atoms with Crippen LogP contribution in [0.25, 0.3) is 0 Å². The van der Waals surface area contributed by atoms with Gasteiger partial charge in [0.1, 0.15) is 5.82 Å². The maximum Gasteiger partial charge on any atom is 0.126 e. The van der Waals surface area contributed by atoms with Crippen molar-refractivity contribution in [2.75, 3.05) is 0 Å². The van der Waals surface area contributed by atoms with Crippen LogP contribution in [0.1, 0.15) is 29.7 Å². The second-order valence-electron chi connectivity index (χ2n) is 4.71. The van der Waals surface area contributed by atoms with E-state index in [0.29, 0.717) is 12.1 Å². The van der Waals surface area contributed by atoms with Gasteiger partial charge in [-0.15, -0.1) is 0 Å². The second kappa shape index (κ2) is 6.18. The molecule has 2 aromatic rings. The van der Waals surface area contributed by atoms with Gasteiger partial charge in [0.15, 0.2) is 0 Å². The first-order chi connectivity index (χ1) is 9.08. The standard InChI is InChI=1S/C16H17ClFN/c1-11-9-13(7-8-16(11)18)10-19-12(2)14-5-3-4-6-15(14)17/h3-9,12,19H,10H2,1-2H3/t12-/m1/s1. The van der Waals surface area contributed by atoms with Crippen molar-refractivity contribution < 1.29 is 4.39 Å². The SMILES string of the molecule is Cc1cc(CN[C@H](C)c2ccccc2Cl)ccc1F. The van der Waals surface area contributed by atoms with Crippen LogP contribution in [0.15, 0.2) is 42.5 Å². The molecule has 0 aliphatic carbocycles. The van der Waals surface area contributed by atoms with Crippen molar-refractivity contribution in [1.29, 1.82) is 0 Å². The molecule has 0 aromatic heterocycles. The van der Waals surface area contributed by atoms with Crippen molar-refractivity contribution in [3.05, 3.63) is 70.0 Å². The van der Waals surface area contributed by atoms with E-state index in [1.807, 2.05) is 30.3 Å². The molecule has 2 rings (SSSR count). The van der Waals surface area contributed by atoms with Gasteiger partial charge in [-0.05, 0) is 42.7 Å². The molecule has 19 heavy (non-hydrogen) atoms. The summed E-state index contributed by atoms with van der Waals surface area (Å²) >= 11 is 6.16. The molecule has 0 aliphatic rings. The zero-order chi connectivity index (χ0) is 13.8. The summed E-state index contributed by atoms with van der Waals surface area (Å²) in [5, 5.41) is 4.16. The van der Waals surface area contributed by atoms with Crippen LogP contribution in [0.2, 0.25) is 5.02 Å². The zero-order valence-corrected chi connectivity index (χ0v) is 11.8. The van der Waals surface area contributed by atoms with Gasteiger partial charge in [-0.3, -0.25) is 0 Å². The molecule has 0 fully saturated rings. The van der Waals surface area contributed by atoms with Crippen LogP contribution < -0.4 is 5.32 Å². The minimum Gasteiger partial charge on any atom is -0.306 e. The third-order valence-corrected chi connectivity index (χ3v) is 3.55. The number of rotatable bonds is 4. The van der Waals surface area contributed by atoms with Crippen molar-refractivity contribution in [3.8, 4) is 0 Å². The van der Waals surface area contributed by atoms with E-state index in [1.54, 1.807) is 13.0 Å². The van der Waals surface area contributed by atoms with E-state index in [9.17, 15) is 4.39 Å². The zero-order valence-electron chi connectivity index (χ0n) is 11.1. The van der Waals surface area contributed by atoms with Gasteiger partial charge in [-0.25, -0.2) is 4.39 Å². The Bertz CT molecular complexity index is 568. The van der Waals surface area contributed by atoms with E-state index in [2.05, 4.69) is 12.2 Å². The Morgan fingerprint density at radius 3 is 2.63 bits per heavy atom. The molecule has 0 unspecified atom stereocenters. The fourth-order valence-corrected chi connectivity index (χ4v) is 2.32. The molecular weight excluding hydrogens is 261 g/mol. The first-order valence-corrected chi connectivity index (χ1v) is 6.68. The minimum absolute atomic E-state index is 0.152. The number of benzene rings is 2. The number of halogens is 2. The molecule has 100 valence electrons. The highest BCUT2D eigenvalue weighted by Gasteiger charge is 2.08. The molecule has 0 saturated carbocycles. The summed E-state index contributed by atoms with van der Waals surface area (Å²) in [5.41, 5.74) is 2.81.